The van der Waals surface area contributed by atoms with E-state index in [0.29, 0.717) is 24.4 Å². The van der Waals surface area contributed by atoms with Gasteiger partial charge in [-0.05, 0) is 23.8 Å². The first-order chi connectivity index (χ1) is 13.9. The molecule has 0 atom stereocenters. The maximum absolute atomic E-state index is 12.6. The van der Waals surface area contributed by atoms with E-state index in [1.54, 1.807) is 25.3 Å². The summed E-state index contributed by atoms with van der Waals surface area (Å²) in [6, 6.07) is 11.1. The van der Waals surface area contributed by atoms with Crippen molar-refractivity contribution in [2.75, 3.05) is 13.7 Å². The lowest BCUT2D eigenvalue weighted by Gasteiger charge is -2.17. The van der Waals surface area contributed by atoms with Crippen molar-refractivity contribution >= 4 is 22.7 Å². The lowest BCUT2D eigenvalue weighted by molar-refractivity contribution is -0.384. The molecule has 0 aliphatic rings. The number of carbonyl (C=O) groups excluding carboxylic acids is 1. The first-order valence-corrected chi connectivity index (χ1v) is 8.73. The van der Waals surface area contributed by atoms with E-state index in [4.69, 9.17) is 9.15 Å². The highest BCUT2D eigenvalue weighted by Gasteiger charge is 2.18. The van der Waals surface area contributed by atoms with Gasteiger partial charge in [-0.3, -0.25) is 19.5 Å². The summed E-state index contributed by atoms with van der Waals surface area (Å²) in [5.41, 5.74) is 1.09. The molecule has 9 nitrogen and oxygen atoms in total. The third kappa shape index (κ3) is 4.52. The monoisotopic (exact) mass is 397 g/mol. The molecule has 0 N–H and O–H groups in total. The van der Waals surface area contributed by atoms with E-state index < -0.39 is 10.7 Å². The Labute approximate surface area is 165 Å². The van der Waals surface area contributed by atoms with Crippen molar-refractivity contribution in [3.05, 3.63) is 81.3 Å². The molecule has 150 valence electrons. The molecule has 0 fully saturated rings. The largest absolute Gasteiger partial charge is 0.490 e. The third-order valence-corrected chi connectivity index (χ3v) is 4.29. The van der Waals surface area contributed by atoms with E-state index in [0.717, 1.165) is 16.2 Å². The Kier molecular flexibility index (Phi) is 5.77. The number of hydrogen-bond donors (Lipinski definition) is 0. The van der Waals surface area contributed by atoms with Crippen LogP contribution in [0, 0.1) is 10.1 Å². The van der Waals surface area contributed by atoms with Gasteiger partial charge in [-0.25, -0.2) is 4.79 Å². The molecular formula is C20H19N3O6. The Hall–Kier alpha value is -3.88. The van der Waals surface area contributed by atoms with Crippen LogP contribution in [-0.4, -0.2) is 34.0 Å². The van der Waals surface area contributed by atoms with Crippen molar-refractivity contribution in [1.82, 2.24) is 9.47 Å². The van der Waals surface area contributed by atoms with Gasteiger partial charge < -0.3 is 14.1 Å². The summed E-state index contributed by atoms with van der Waals surface area (Å²) in [6.07, 6.45) is 1.65. The number of carbonyl (C=O) groups is 1. The SMILES string of the molecule is C=CCOc1ccc(CN(C)C(=O)Cn2c(=O)oc3cc([N+](=O)[O-])ccc32)cc1. The van der Waals surface area contributed by atoms with Gasteiger partial charge in [-0.2, -0.15) is 0 Å². The van der Waals surface area contributed by atoms with Crippen molar-refractivity contribution < 1.29 is 18.9 Å². The van der Waals surface area contributed by atoms with Crippen molar-refractivity contribution in [1.29, 1.82) is 0 Å². The van der Waals surface area contributed by atoms with E-state index in [1.807, 2.05) is 12.1 Å². The fraction of sp³-hybridized carbons (Fsp3) is 0.200. The molecule has 1 heterocycles. The van der Waals surface area contributed by atoms with Crippen LogP contribution in [0.4, 0.5) is 5.69 Å². The standard InChI is InChI=1S/C20H19N3O6/c1-3-10-28-16-7-4-14(5-8-16)12-21(2)19(24)13-22-17-9-6-15(23(26)27)11-18(17)29-20(22)25/h3-9,11H,1,10,12-13H2,2H3. The second kappa shape index (κ2) is 8.42. The van der Waals surface area contributed by atoms with E-state index in [-0.39, 0.29) is 23.7 Å². The lowest BCUT2D eigenvalue weighted by atomic mass is 10.2. The van der Waals surface area contributed by atoms with Gasteiger partial charge in [-0.15, -0.1) is 0 Å². The van der Waals surface area contributed by atoms with Crippen LogP contribution < -0.4 is 10.5 Å². The Balaban J connectivity index is 1.71. The molecule has 0 bridgehead atoms. The fourth-order valence-corrected chi connectivity index (χ4v) is 2.78. The summed E-state index contributed by atoms with van der Waals surface area (Å²) < 4.78 is 11.6. The quantitative estimate of drug-likeness (QED) is 0.329. The van der Waals surface area contributed by atoms with Crippen LogP contribution in [0.15, 0.2) is 64.3 Å². The number of likely N-dealkylation sites (N-methyl/N-ethyl adjacent to an activating group) is 1. The normalized spacial score (nSPS) is 10.7. The number of benzene rings is 2. The zero-order valence-electron chi connectivity index (χ0n) is 15.7. The number of non-ortho nitro benzene ring substituents is 1. The molecular weight excluding hydrogens is 378 g/mol. The molecule has 0 radical (unpaired) electrons. The first kappa shape index (κ1) is 19.9. The van der Waals surface area contributed by atoms with Crippen molar-refractivity contribution in [2.45, 2.75) is 13.1 Å². The highest BCUT2D eigenvalue weighted by atomic mass is 16.6. The van der Waals surface area contributed by atoms with Crippen LogP contribution in [0.25, 0.3) is 11.1 Å². The van der Waals surface area contributed by atoms with Crippen LogP contribution in [0.2, 0.25) is 0 Å². The molecule has 0 aliphatic heterocycles. The second-order valence-corrected chi connectivity index (χ2v) is 6.36. The van der Waals surface area contributed by atoms with Gasteiger partial charge >= 0.3 is 5.76 Å². The van der Waals surface area contributed by atoms with Crippen molar-refractivity contribution in [2.24, 2.45) is 0 Å². The topological polar surface area (TPSA) is 108 Å². The number of nitro groups is 1. The van der Waals surface area contributed by atoms with Crippen LogP contribution >= 0.6 is 0 Å². The van der Waals surface area contributed by atoms with Crippen LogP contribution in [0.3, 0.4) is 0 Å². The van der Waals surface area contributed by atoms with E-state index in [9.17, 15) is 19.7 Å². The van der Waals surface area contributed by atoms with E-state index in [2.05, 4.69) is 6.58 Å². The Morgan fingerprint density at radius 2 is 2.03 bits per heavy atom. The number of amides is 1. The smallest absolute Gasteiger partial charge is 0.420 e. The average molecular weight is 397 g/mol. The molecule has 0 aliphatic carbocycles. The number of nitro benzene ring substituents is 1. The molecule has 29 heavy (non-hydrogen) atoms. The number of rotatable bonds is 8. The van der Waals surface area contributed by atoms with Crippen molar-refractivity contribution in [3.8, 4) is 5.75 Å². The van der Waals surface area contributed by atoms with Gasteiger partial charge in [0.25, 0.3) is 5.69 Å². The summed E-state index contributed by atoms with van der Waals surface area (Å²) in [5, 5.41) is 10.9. The molecule has 9 heteroatoms. The highest BCUT2D eigenvalue weighted by Crippen LogP contribution is 2.20. The minimum Gasteiger partial charge on any atom is -0.490 e. The van der Waals surface area contributed by atoms with Gasteiger partial charge in [0.2, 0.25) is 5.91 Å². The molecule has 3 rings (SSSR count). The van der Waals surface area contributed by atoms with Crippen molar-refractivity contribution in [3.63, 3.8) is 0 Å². The van der Waals surface area contributed by atoms with Gasteiger partial charge in [0.15, 0.2) is 5.58 Å². The Morgan fingerprint density at radius 3 is 2.69 bits per heavy atom. The summed E-state index contributed by atoms with van der Waals surface area (Å²) in [7, 11) is 1.63. The fourth-order valence-electron chi connectivity index (χ4n) is 2.78. The predicted molar refractivity (Wildman–Crippen MR) is 106 cm³/mol. The molecule has 1 aromatic heterocycles. The van der Waals surface area contributed by atoms with Crippen LogP contribution in [0.5, 0.6) is 5.75 Å². The Bertz CT molecular complexity index is 1110. The van der Waals surface area contributed by atoms with Crippen LogP contribution in [0.1, 0.15) is 5.56 Å². The third-order valence-electron chi connectivity index (χ3n) is 4.29. The number of hydrogen-bond acceptors (Lipinski definition) is 6. The van der Waals surface area contributed by atoms with Crippen LogP contribution in [-0.2, 0) is 17.9 Å². The molecule has 3 aromatic rings. The number of ether oxygens (including phenoxy) is 1. The first-order valence-electron chi connectivity index (χ1n) is 8.73. The zero-order chi connectivity index (χ0) is 21.0. The second-order valence-electron chi connectivity index (χ2n) is 6.36. The van der Waals surface area contributed by atoms with Gasteiger partial charge in [0.05, 0.1) is 16.5 Å². The summed E-state index contributed by atoms with van der Waals surface area (Å²) in [4.78, 5) is 36.4. The molecule has 1 amide bonds. The molecule has 0 saturated heterocycles. The predicted octanol–water partition coefficient (Wildman–Crippen LogP) is 2.73. The Morgan fingerprint density at radius 1 is 1.31 bits per heavy atom. The van der Waals surface area contributed by atoms with Gasteiger partial charge in [0, 0.05) is 19.7 Å². The molecule has 0 spiro atoms. The zero-order valence-corrected chi connectivity index (χ0v) is 15.7. The number of nitrogens with zero attached hydrogens (tertiary/aromatic N) is 3. The van der Waals surface area contributed by atoms with E-state index in [1.165, 1.54) is 17.0 Å². The number of fused-ring (bicyclic) bond motifs is 1. The number of aromatic nitrogens is 1. The minimum atomic E-state index is -0.744. The maximum atomic E-state index is 12.6. The van der Waals surface area contributed by atoms with Gasteiger partial charge in [0.1, 0.15) is 18.9 Å². The average Bonchev–Trinajstić information content (AvgIpc) is 3.01. The van der Waals surface area contributed by atoms with Gasteiger partial charge in [-0.1, -0.05) is 24.8 Å². The lowest BCUT2D eigenvalue weighted by Crippen LogP contribution is -2.32. The molecule has 0 saturated carbocycles. The summed E-state index contributed by atoms with van der Waals surface area (Å²) >= 11 is 0. The minimum absolute atomic E-state index is 0.0646. The highest BCUT2D eigenvalue weighted by molar-refractivity contribution is 5.80. The number of oxazole rings is 1. The molecule has 0 unspecified atom stereocenters. The summed E-state index contributed by atoms with van der Waals surface area (Å²) in [6.45, 7) is 4.11. The summed E-state index contributed by atoms with van der Waals surface area (Å²) in [5.74, 6) is -0.348. The maximum Gasteiger partial charge on any atom is 0.420 e. The molecule has 2 aromatic carbocycles. The van der Waals surface area contributed by atoms with E-state index >= 15 is 0 Å².